The Bertz CT molecular complexity index is 916. The van der Waals surface area contributed by atoms with E-state index in [2.05, 4.69) is 20.3 Å². The average molecular weight is 400 g/mol. The lowest BCUT2D eigenvalue weighted by Crippen LogP contribution is -2.20. The number of aromatic nitrogens is 1. The van der Waals surface area contributed by atoms with Gasteiger partial charge < -0.3 is 10.6 Å². The number of pyridine rings is 1. The summed E-state index contributed by atoms with van der Waals surface area (Å²) in [5.74, 6) is -0.157. The molecule has 1 aromatic heterocycles. The zero-order chi connectivity index (χ0) is 18.2. The second-order valence-corrected chi connectivity index (χ2v) is 7.69. The summed E-state index contributed by atoms with van der Waals surface area (Å²) in [7, 11) is -3.12. The summed E-state index contributed by atoms with van der Waals surface area (Å²) in [5, 5.41) is 14.6. The highest BCUT2D eigenvalue weighted by molar-refractivity contribution is 8.25. The molecular weight excluding hydrogens is 389 g/mol. The number of nitrogens with zero attached hydrogens (tertiary/aromatic N) is 2. The molecule has 3 rings (SSSR count). The molecule has 0 bridgehead atoms. The number of carbonyl (C=O) groups is 1. The highest BCUT2D eigenvalue weighted by atomic mass is 35.5. The first kappa shape index (κ1) is 17.6. The number of anilines is 3. The Kier molecular flexibility index (Phi) is 4.64. The molecule has 8 nitrogen and oxygen atoms in total. The second-order valence-electron chi connectivity index (χ2n) is 5.08. The average Bonchev–Trinajstić information content (AvgIpc) is 2.88. The summed E-state index contributed by atoms with van der Waals surface area (Å²) in [6, 6.07) is 6.03. The van der Waals surface area contributed by atoms with Gasteiger partial charge in [-0.1, -0.05) is 29.3 Å². The topological polar surface area (TPSA) is 130 Å². The zero-order valence-electron chi connectivity index (χ0n) is 12.4. The van der Waals surface area contributed by atoms with Crippen LogP contribution in [0, 0.1) is 11.3 Å². The number of benzene rings is 1. The number of urea groups is 1. The van der Waals surface area contributed by atoms with E-state index in [9.17, 15) is 13.9 Å². The monoisotopic (exact) mass is 399 g/mol. The summed E-state index contributed by atoms with van der Waals surface area (Å²) in [6.07, 6.45) is 1.25. The van der Waals surface area contributed by atoms with Gasteiger partial charge in [-0.15, -0.1) is 10.8 Å². The molecule has 130 valence electrons. The summed E-state index contributed by atoms with van der Waals surface area (Å²) in [6.45, 7) is 0. The Morgan fingerprint density at radius 3 is 2.76 bits per heavy atom. The summed E-state index contributed by atoms with van der Waals surface area (Å²) < 4.78 is 22.2. The van der Waals surface area contributed by atoms with E-state index < -0.39 is 16.8 Å². The molecule has 0 saturated carbocycles. The van der Waals surface area contributed by atoms with Crippen molar-refractivity contribution in [1.29, 1.82) is 5.26 Å². The Hall–Kier alpha value is -2.22. The van der Waals surface area contributed by atoms with E-state index in [1.165, 1.54) is 6.20 Å². The first-order valence-corrected chi connectivity index (χ1v) is 9.25. The molecule has 2 heterocycles. The molecule has 0 aliphatic carbocycles. The first-order valence-electron chi connectivity index (χ1n) is 6.78. The normalized spacial score (nSPS) is 15.5. The van der Waals surface area contributed by atoms with Crippen LogP contribution < -0.4 is 15.4 Å². The number of fused-ring (bicyclic) bond motifs is 1. The molecule has 11 heteroatoms. The molecule has 0 spiro atoms. The molecule has 1 aliphatic rings. The van der Waals surface area contributed by atoms with Gasteiger partial charge in [-0.3, -0.25) is 13.8 Å². The fraction of sp³-hybridized carbons (Fsp3) is 0.0714. The predicted molar refractivity (Wildman–Crippen MR) is 98.2 cm³/mol. The number of hydrogen-bond acceptors (Lipinski definition) is 6. The molecule has 0 unspecified atom stereocenters. The van der Waals surface area contributed by atoms with Gasteiger partial charge in [0.05, 0.1) is 39.1 Å². The Balaban J connectivity index is 1.85. The van der Waals surface area contributed by atoms with Crippen LogP contribution in [0.1, 0.15) is 11.3 Å². The van der Waals surface area contributed by atoms with Crippen LogP contribution in [0.4, 0.5) is 21.9 Å². The molecule has 5 N–H and O–H groups in total. The molecule has 0 radical (unpaired) electrons. The lowest BCUT2D eigenvalue weighted by Gasteiger charge is -2.26. The van der Waals surface area contributed by atoms with Crippen molar-refractivity contribution in [2.45, 2.75) is 5.75 Å². The maximum atomic E-state index is 12.2. The lowest BCUT2D eigenvalue weighted by molar-refractivity contribution is 0.262. The molecule has 0 atom stereocenters. The minimum atomic E-state index is -3.12. The summed E-state index contributed by atoms with van der Waals surface area (Å²) in [4.78, 5) is 16.1. The largest absolute Gasteiger partial charge is 0.323 e. The Morgan fingerprint density at radius 2 is 2.04 bits per heavy atom. The van der Waals surface area contributed by atoms with Crippen molar-refractivity contribution in [3.63, 3.8) is 0 Å². The minimum Gasteiger partial charge on any atom is -0.306 e. The molecule has 2 aromatic rings. The van der Waals surface area contributed by atoms with Gasteiger partial charge in [0.25, 0.3) is 0 Å². The fourth-order valence-electron chi connectivity index (χ4n) is 2.28. The van der Waals surface area contributed by atoms with E-state index in [4.69, 9.17) is 28.5 Å². The van der Waals surface area contributed by atoms with Gasteiger partial charge in [-0.25, -0.2) is 9.78 Å². The number of amides is 2. The van der Waals surface area contributed by atoms with E-state index in [1.807, 2.05) is 6.07 Å². The highest BCUT2D eigenvalue weighted by Gasteiger charge is 2.30. The van der Waals surface area contributed by atoms with Gasteiger partial charge in [-0.05, 0) is 12.1 Å². The van der Waals surface area contributed by atoms with Crippen molar-refractivity contribution in [3.05, 3.63) is 45.7 Å². The van der Waals surface area contributed by atoms with E-state index in [1.54, 1.807) is 18.2 Å². The van der Waals surface area contributed by atoms with Crippen LogP contribution in [0.5, 0.6) is 0 Å². The predicted octanol–water partition coefficient (Wildman–Crippen LogP) is 4.50. The number of nitrogens with one attached hydrogen (secondary N) is 3. The third-order valence-corrected chi connectivity index (χ3v) is 5.39. The van der Waals surface area contributed by atoms with Gasteiger partial charge in [-0.2, -0.15) is 5.26 Å². The van der Waals surface area contributed by atoms with Crippen LogP contribution >= 0.6 is 34.0 Å². The van der Waals surface area contributed by atoms with Gasteiger partial charge in [0, 0.05) is 5.56 Å². The quantitative estimate of drug-likeness (QED) is 0.505. The fourth-order valence-corrected chi connectivity index (χ4v) is 3.94. The Labute approximate surface area is 154 Å². The molecule has 1 aromatic carbocycles. The molecule has 25 heavy (non-hydrogen) atoms. The van der Waals surface area contributed by atoms with Crippen LogP contribution in [0.3, 0.4) is 0 Å². The first-order chi connectivity index (χ1) is 11.8. The van der Waals surface area contributed by atoms with Crippen LogP contribution in [-0.4, -0.2) is 20.1 Å². The van der Waals surface area contributed by atoms with Crippen molar-refractivity contribution >= 4 is 57.1 Å². The van der Waals surface area contributed by atoms with Gasteiger partial charge in [0.1, 0.15) is 11.8 Å². The van der Waals surface area contributed by atoms with E-state index >= 15 is 0 Å². The number of nitriles is 1. The maximum absolute atomic E-state index is 12.2. The van der Waals surface area contributed by atoms with Crippen molar-refractivity contribution in [3.8, 4) is 6.07 Å². The second kappa shape index (κ2) is 6.59. The molecule has 1 aliphatic heterocycles. The number of carbonyl (C=O) groups excluding carboxylic acids is 1. The van der Waals surface area contributed by atoms with Crippen molar-refractivity contribution in [2.24, 2.45) is 0 Å². The summed E-state index contributed by atoms with van der Waals surface area (Å²) in [5.41, 5.74) is 1.15. The van der Waals surface area contributed by atoms with Crippen LogP contribution in [0.2, 0.25) is 10.0 Å². The summed E-state index contributed by atoms with van der Waals surface area (Å²) >= 11 is 11.9. The van der Waals surface area contributed by atoms with Gasteiger partial charge in [0.15, 0.2) is 0 Å². The van der Waals surface area contributed by atoms with E-state index in [0.29, 0.717) is 11.3 Å². The van der Waals surface area contributed by atoms with E-state index in [0.717, 1.165) is 0 Å². The number of halogens is 2. The van der Waals surface area contributed by atoms with Crippen molar-refractivity contribution in [2.75, 3.05) is 15.4 Å². The van der Waals surface area contributed by atoms with Gasteiger partial charge in [0.2, 0.25) is 0 Å². The minimum absolute atomic E-state index is 0.0591. The van der Waals surface area contributed by atoms with Crippen LogP contribution in [0.25, 0.3) is 0 Å². The van der Waals surface area contributed by atoms with Crippen LogP contribution in [0.15, 0.2) is 24.4 Å². The maximum Gasteiger partial charge on any atom is 0.323 e. The van der Waals surface area contributed by atoms with Crippen molar-refractivity contribution < 1.29 is 13.9 Å². The standard InChI is InChI=1S/C14H11Cl2N5O3S/c15-8-2-1-3-9(12(8)16)19-14(22)20-11-5-18-10(4-17)7-6-25(23,24)21-13(7)11/h1-3,5,21,23-24H,6H2,(H2,19,20,22). The third kappa shape index (κ3) is 3.58. The third-order valence-electron chi connectivity index (χ3n) is 3.34. The smallest absolute Gasteiger partial charge is 0.306 e. The Morgan fingerprint density at radius 1 is 1.32 bits per heavy atom. The molecular formula is C14H11Cl2N5O3S. The number of hydrogen-bond donors (Lipinski definition) is 5. The van der Waals surface area contributed by atoms with E-state index in [-0.39, 0.29) is 32.9 Å². The van der Waals surface area contributed by atoms with Crippen LogP contribution in [-0.2, 0) is 5.75 Å². The highest BCUT2D eigenvalue weighted by Crippen LogP contribution is 2.53. The molecule has 2 amide bonds. The van der Waals surface area contributed by atoms with Crippen molar-refractivity contribution in [1.82, 2.24) is 4.98 Å². The zero-order valence-corrected chi connectivity index (χ0v) is 14.7. The molecule has 0 fully saturated rings. The number of rotatable bonds is 2. The SMILES string of the molecule is N#Cc1ncc(NC(=O)Nc2cccc(Cl)c2Cl)c2c1CS(O)(O)N2. The molecule has 0 saturated heterocycles. The lowest BCUT2D eigenvalue weighted by atomic mass is 10.1. The van der Waals surface area contributed by atoms with Gasteiger partial charge >= 0.3 is 6.03 Å².